The van der Waals surface area contributed by atoms with E-state index in [1.807, 2.05) is 38.1 Å². The van der Waals surface area contributed by atoms with Crippen molar-refractivity contribution in [3.05, 3.63) is 54.1 Å². The summed E-state index contributed by atoms with van der Waals surface area (Å²) in [6.45, 7) is 5.43. The zero-order chi connectivity index (χ0) is 18.9. The van der Waals surface area contributed by atoms with Crippen molar-refractivity contribution in [2.75, 3.05) is 18.5 Å². The molecule has 0 bridgehead atoms. The van der Waals surface area contributed by atoms with Crippen molar-refractivity contribution in [2.45, 2.75) is 26.9 Å². The number of carbonyl (C=O) groups is 2. The second kappa shape index (κ2) is 9.46. The van der Waals surface area contributed by atoms with Crippen LogP contribution in [0.15, 0.2) is 48.5 Å². The van der Waals surface area contributed by atoms with Crippen molar-refractivity contribution < 1.29 is 23.8 Å². The number of hydrogen-bond acceptors (Lipinski definition) is 5. The van der Waals surface area contributed by atoms with Gasteiger partial charge in [0.2, 0.25) is 0 Å². The molecule has 0 aliphatic carbocycles. The third-order valence-corrected chi connectivity index (χ3v) is 3.57. The normalized spacial score (nSPS) is 11.3. The predicted octanol–water partition coefficient (Wildman–Crippen LogP) is 3.34. The summed E-state index contributed by atoms with van der Waals surface area (Å²) in [6.07, 6.45) is -0.937. The van der Waals surface area contributed by atoms with Crippen molar-refractivity contribution >= 4 is 17.6 Å². The van der Waals surface area contributed by atoms with Crippen molar-refractivity contribution in [3.63, 3.8) is 0 Å². The fourth-order valence-electron chi connectivity index (χ4n) is 2.21. The second-order valence-electron chi connectivity index (χ2n) is 5.60. The van der Waals surface area contributed by atoms with Crippen LogP contribution < -0.4 is 14.8 Å². The smallest absolute Gasteiger partial charge is 0.344 e. The van der Waals surface area contributed by atoms with E-state index in [1.54, 1.807) is 24.3 Å². The van der Waals surface area contributed by atoms with E-state index in [4.69, 9.17) is 14.2 Å². The Morgan fingerprint density at radius 3 is 2.27 bits per heavy atom. The van der Waals surface area contributed by atoms with Crippen LogP contribution in [-0.2, 0) is 14.3 Å². The van der Waals surface area contributed by atoms with Gasteiger partial charge in [-0.2, -0.15) is 0 Å². The van der Waals surface area contributed by atoms with E-state index in [-0.39, 0.29) is 6.61 Å². The Bertz CT molecular complexity index is 759. The number of para-hydroxylation sites is 3. The van der Waals surface area contributed by atoms with Crippen LogP contribution in [0.25, 0.3) is 0 Å². The molecule has 1 amide bonds. The highest BCUT2D eigenvalue weighted by molar-refractivity contribution is 5.95. The lowest BCUT2D eigenvalue weighted by Crippen LogP contribution is -2.31. The maximum Gasteiger partial charge on any atom is 0.344 e. The first-order valence-corrected chi connectivity index (χ1v) is 8.42. The van der Waals surface area contributed by atoms with Gasteiger partial charge >= 0.3 is 5.97 Å². The van der Waals surface area contributed by atoms with Crippen LogP contribution in [0.3, 0.4) is 0 Å². The molecule has 0 radical (unpaired) electrons. The van der Waals surface area contributed by atoms with Crippen molar-refractivity contribution in [2.24, 2.45) is 0 Å². The van der Waals surface area contributed by atoms with E-state index in [0.29, 0.717) is 23.8 Å². The lowest BCUT2D eigenvalue weighted by Gasteiger charge is -2.15. The van der Waals surface area contributed by atoms with Crippen LogP contribution in [0.4, 0.5) is 5.69 Å². The van der Waals surface area contributed by atoms with Crippen LogP contribution >= 0.6 is 0 Å². The molecule has 1 unspecified atom stereocenters. The topological polar surface area (TPSA) is 73.9 Å². The largest absolute Gasteiger partial charge is 0.490 e. The van der Waals surface area contributed by atoms with Crippen LogP contribution in [0.1, 0.15) is 19.4 Å². The molecule has 0 aromatic heterocycles. The zero-order valence-corrected chi connectivity index (χ0v) is 15.2. The van der Waals surface area contributed by atoms with Crippen molar-refractivity contribution in [1.82, 2.24) is 0 Å². The van der Waals surface area contributed by atoms with E-state index in [0.717, 1.165) is 5.56 Å². The number of carbonyl (C=O) groups excluding carboxylic acids is 2. The maximum atomic E-state index is 12.2. The Balaban J connectivity index is 1.85. The molecule has 0 heterocycles. The highest BCUT2D eigenvalue weighted by atomic mass is 16.6. The second-order valence-corrected chi connectivity index (χ2v) is 5.60. The van der Waals surface area contributed by atoms with Gasteiger partial charge in [-0.3, -0.25) is 4.79 Å². The van der Waals surface area contributed by atoms with Gasteiger partial charge in [0.15, 0.2) is 24.2 Å². The molecule has 26 heavy (non-hydrogen) atoms. The first kappa shape index (κ1) is 19.3. The molecule has 0 fully saturated rings. The zero-order valence-electron chi connectivity index (χ0n) is 15.2. The van der Waals surface area contributed by atoms with Crippen LogP contribution in [-0.4, -0.2) is 31.2 Å². The average molecular weight is 357 g/mol. The molecule has 0 saturated carbocycles. The van der Waals surface area contributed by atoms with Crippen molar-refractivity contribution in [1.29, 1.82) is 0 Å². The Labute approximate surface area is 153 Å². The number of amides is 1. The Hall–Kier alpha value is -3.02. The lowest BCUT2D eigenvalue weighted by molar-refractivity contribution is -0.155. The molecule has 2 rings (SSSR count). The molecule has 2 aromatic carbocycles. The molecule has 1 N–H and O–H groups in total. The molecular weight excluding hydrogens is 334 g/mol. The van der Waals surface area contributed by atoms with E-state index >= 15 is 0 Å². The fourth-order valence-corrected chi connectivity index (χ4v) is 2.21. The SMILES string of the molecule is CCOc1ccccc1OCC(=O)OC(C)C(=O)Nc1ccccc1C. The standard InChI is InChI=1S/C20H23NO5/c1-4-24-17-11-7-8-12-18(17)25-13-19(22)26-15(3)20(23)21-16-10-6-5-9-14(16)2/h5-12,15H,4,13H2,1-3H3,(H,21,23). The monoisotopic (exact) mass is 357 g/mol. The number of aryl methyl sites for hydroxylation is 1. The highest BCUT2D eigenvalue weighted by Gasteiger charge is 2.19. The van der Waals surface area contributed by atoms with Gasteiger partial charge in [0, 0.05) is 5.69 Å². The molecule has 0 aliphatic rings. The fraction of sp³-hybridized carbons (Fsp3) is 0.300. The number of benzene rings is 2. The molecule has 0 spiro atoms. The van der Waals surface area contributed by atoms with Gasteiger partial charge in [0.25, 0.3) is 5.91 Å². The molecule has 1 atom stereocenters. The lowest BCUT2D eigenvalue weighted by atomic mass is 10.2. The maximum absolute atomic E-state index is 12.2. The first-order chi connectivity index (χ1) is 12.5. The van der Waals surface area contributed by atoms with Gasteiger partial charge < -0.3 is 19.5 Å². The van der Waals surface area contributed by atoms with Crippen LogP contribution in [0, 0.1) is 6.92 Å². The highest BCUT2D eigenvalue weighted by Crippen LogP contribution is 2.26. The molecule has 138 valence electrons. The molecule has 6 nitrogen and oxygen atoms in total. The summed E-state index contributed by atoms with van der Waals surface area (Å²) >= 11 is 0. The van der Waals surface area contributed by atoms with Gasteiger partial charge in [-0.15, -0.1) is 0 Å². The van der Waals surface area contributed by atoms with Gasteiger partial charge in [0.1, 0.15) is 0 Å². The van der Waals surface area contributed by atoms with E-state index in [2.05, 4.69) is 5.32 Å². The Kier molecular flexibility index (Phi) is 7.02. The molecule has 6 heteroatoms. The quantitative estimate of drug-likeness (QED) is 0.734. The van der Waals surface area contributed by atoms with Crippen LogP contribution in [0.5, 0.6) is 11.5 Å². The minimum atomic E-state index is -0.937. The summed E-state index contributed by atoms with van der Waals surface area (Å²) in [5, 5.41) is 2.74. The third-order valence-electron chi connectivity index (χ3n) is 3.57. The molecular formula is C20H23NO5. The number of rotatable bonds is 8. The molecule has 2 aromatic rings. The summed E-state index contributed by atoms with van der Waals surface area (Å²) in [7, 11) is 0. The average Bonchev–Trinajstić information content (AvgIpc) is 2.63. The Morgan fingerprint density at radius 1 is 1.00 bits per heavy atom. The van der Waals surface area contributed by atoms with E-state index < -0.39 is 18.0 Å². The summed E-state index contributed by atoms with van der Waals surface area (Å²) in [5.74, 6) is -0.0393. The number of esters is 1. The number of anilines is 1. The number of ether oxygens (including phenoxy) is 3. The van der Waals surface area contributed by atoms with E-state index in [9.17, 15) is 9.59 Å². The van der Waals surface area contributed by atoms with Gasteiger partial charge in [-0.05, 0) is 44.5 Å². The minimum absolute atomic E-state index is 0.313. The minimum Gasteiger partial charge on any atom is -0.490 e. The first-order valence-electron chi connectivity index (χ1n) is 8.42. The molecule has 0 saturated heterocycles. The summed E-state index contributed by atoms with van der Waals surface area (Å²) < 4.78 is 16.0. The van der Waals surface area contributed by atoms with Crippen molar-refractivity contribution in [3.8, 4) is 11.5 Å². The summed E-state index contributed by atoms with van der Waals surface area (Å²) in [5.41, 5.74) is 1.61. The van der Waals surface area contributed by atoms with Crippen LogP contribution in [0.2, 0.25) is 0 Å². The Morgan fingerprint density at radius 2 is 1.62 bits per heavy atom. The predicted molar refractivity (Wildman–Crippen MR) is 98.5 cm³/mol. The van der Waals surface area contributed by atoms with E-state index in [1.165, 1.54) is 6.92 Å². The third kappa shape index (κ3) is 5.51. The van der Waals surface area contributed by atoms with Gasteiger partial charge in [-0.25, -0.2) is 4.79 Å². The van der Waals surface area contributed by atoms with Gasteiger partial charge in [-0.1, -0.05) is 30.3 Å². The molecule has 0 aliphatic heterocycles. The summed E-state index contributed by atoms with van der Waals surface area (Å²) in [6, 6.07) is 14.4. The number of hydrogen-bond donors (Lipinski definition) is 1. The number of nitrogens with one attached hydrogen (secondary N) is 1. The summed E-state index contributed by atoms with van der Waals surface area (Å²) in [4.78, 5) is 24.1. The van der Waals surface area contributed by atoms with Gasteiger partial charge in [0.05, 0.1) is 6.61 Å².